The minimum Gasteiger partial charge on any atom is -0.490 e. The molecule has 0 saturated heterocycles. The van der Waals surface area contributed by atoms with Gasteiger partial charge in [0.2, 0.25) is 4.77 Å². The average molecular weight is 373 g/mol. The fourth-order valence-electron chi connectivity index (χ4n) is 1.81. The Morgan fingerprint density at radius 1 is 1.33 bits per heavy atom. The maximum Gasteiger partial charge on any atom is 0.214 e. The van der Waals surface area contributed by atoms with Gasteiger partial charge in [0.1, 0.15) is 6.33 Å². The molecule has 0 bridgehead atoms. The number of H-pyrrole nitrogens is 1. The lowest BCUT2D eigenvalue weighted by atomic mass is 10.2. The summed E-state index contributed by atoms with van der Waals surface area (Å²) in [5.74, 6) is 1.45. The van der Waals surface area contributed by atoms with E-state index in [1.807, 2.05) is 26.0 Å². The molecule has 0 amide bonds. The zero-order valence-electron chi connectivity index (χ0n) is 11.9. The van der Waals surface area contributed by atoms with Gasteiger partial charge < -0.3 is 14.9 Å². The van der Waals surface area contributed by atoms with E-state index in [1.165, 1.54) is 0 Å². The molecule has 0 aliphatic carbocycles. The molecule has 114 valence electrons. The van der Waals surface area contributed by atoms with Crippen molar-refractivity contribution in [3.8, 4) is 11.5 Å². The van der Waals surface area contributed by atoms with Crippen molar-refractivity contribution in [3.05, 3.63) is 33.3 Å². The van der Waals surface area contributed by atoms with Crippen molar-refractivity contribution in [1.82, 2.24) is 14.9 Å². The number of aromatic amines is 1. The molecule has 1 aromatic heterocycles. The average Bonchev–Trinajstić information content (AvgIpc) is 2.86. The molecule has 21 heavy (non-hydrogen) atoms. The van der Waals surface area contributed by atoms with Crippen LogP contribution in [-0.4, -0.2) is 28.1 Å². The number of rotatable bonds is 7. The molecule has 0 fully saturated rings. The Kier molecular flexibility index (Phi) is 5.63. The van der Waals surface area contributed by atoms with Crippen LogP contribution in [0.15, 0.2) is 22.9 Å². The van der Waals surface area contributed by atoms with Crippen LogP contribution < -0.4 is 14.9 Å². The normalized spacial score (nSPS) is 10.4. The molecule has 0 saturated carbocycles. The zero-order valence-corrected chi connectivity index (χ0v) is 14.3. The van der Waals surface area contributed by atoms with Gasteiger partial charge >= 0.3 is 0 Å². The molecule has 0 radical (unpaired) electrons. The van der Waals surface area contributed by atoms with Crippen molar-refractivity contribution in [2.45, 2.75) is 20.4 Å². The molecule has 8 heteroatoms. The standard InChI is InChI=1S/C13H17BrN4O2S/c1-3-19-11-6-9(5-10(14)12(11)20-4-2)7-16-18-8-15-17-13(18)21/h5-6,8,16H,3-4,7H2,1-2H3,(H,17,21). The van der Waals surface area contributed by atoms with E-state index < -0.39 is 0 Å². The van der Waals surface area contributed by atoms with E-state index in [2.05, 4.69) is 31.6 Å². The quantitative estimate of drug-likeness (QED) is 0.730. The minimum absolute atomic E-state index is 0.519. The third-order valence-electron chi connectivity index (χ3n) is 2.66. The minimum atomic E-state index is 0.519. The summed E-state index contributed by atoms with van der Waals surface area (Å²) in [6.07, 6.45) is 1.59. The fraction of sp³-hybridized carbons (Fsp3) is 0.385. The third kappa shape index (κ3) is 3.98. The number of benzene rings is 1. The van der Waals surface area contributed by atoms with Crippen LogP contribution in [0, 0.1) is 4.77 Å². The Hall–Kier alpha value is -1.54. The number of nitrogens with zero attached hydrogens (tertiary/aromatic N) is 2. The van der Waals surface area contributed by atoms with Crippen LogP contribution in [0.1, 0.15) is 19.4 Å². The van der Waals surface area contributed by atoms with Crippen LogP contribution in [-0.2, 0) is 6.54 Å². The van der Waals surface area contributed by atoms with Crippen molar-refractivity contribution in [2.24, 2.45) is 0 Å². The molecular weight excluding hydrogens is 356 g/mol. The van der Waals surface area contributed by atoms with Crippen molar-refractivity contribution in [1.29, 1.82) is 0 Å². The van der Waals surface area contributed by atoms with Crippen LogP contribution >= 0.6 is 28.1 Å². The summed E-state index contributed by atoms with van der Waals surface area (Å²) in [5, 5.41) is 6.54. The summed E-state index contributed by atoms with van der Waals surface area (Å²) >= 11 is 8.60. The number of ether oxygens (including phenoxy) is 2. The highest BCUT2D eigenvalue weighted by atomic mass is 79.9. The van der Waals surface area contributed by atoms with Gasteiger partial charge in [-0.05, 0) is 59.7 Å². The van der Waals surface area contributed by atoms with E-state index >= 15 is 0 Å². The highest BCUT2D eigenvalue weighted by Crippen LogP contribution is 2.36. The van der Waals surface area contributed by atoms with Gasteiger partial charge in [-0.15, -0.1) is 0 Å². The van der Waals surface area contributed by atoms with Gasteiger partial charge in [-0.25, -0.2) is 4.68 Å². The SMILES string of the molecule is CCOc1cc(CNn2cn[nH]c2=S)cc(Br)c1OCC. The van der Waals surface area contributed by atoms with E-state index in [0.29, 0.717) is 24.5 Å². The van der Waals surface area contributed by atoms with Gasteiger partial charge in [0.25, 0.3) is 0 Å². The smallest absolute Gasteiger partial charge is 0.214 e. The molecule has 1 heterocycles. The van der Waals surface area contributed by atoms with Crippen LogP contribution in [0.4, 0.5) is 0 Å². The predicted molar refractivity (Wildman–Crippen MR) is 87.0 cm³/mol. The van der Waals surface area contributed by atoms with Crippen LogP contribution in [0.2, 0.25) is 0 Å². The molecular formula is C13H17BrN4O2S. The Morgan fingerprint density at radius 3 is 2.71 bits per heavy atom. The topological polar surface area (TPSA) is 64.1 Å². The van der Waals surface area contributed by atoms with E-state index in [0.717, 1.165) is 21.5 Å². The summed E-state index contributed by atoms with van der Waals surface area (Å²) in [5.41, 5.74) is 4.20. The molecule has 0 atom stereocenters. The largest absolute Gasteiger partial charge is 0.490 e. The summed E-state index contributed by atoms with van der Waals surface area (Å²) < 4.78 is 14.3. The Labute approximate surface area is 136 Å². The number of hydrogen-bond acceptors (Lipinski definition) is 5. The first-order valence-corrected chi connectivity index (χ1v) is 7.79. The molecule has 0 aliphatic rings. The van der Waals surface area contributed by atoms with Crippen molar-refractivity contribution < 1.29 is 9.47 Å². The first-order chi connectivity index (χ1) is 10.2. The second-order valence-electron chi connectivity index (χ2n) is 4.14. The highest BCUT2D eigenvalue weighted by molar-refractivity contribution is 9.10. The summed E-state index contributed by atoms with van der Waals surface area (Å²) in [7, 11) is 0. The number of aromatic nitrogens is 3. The predicted octanol–water partition coefficient (Wildman–Crippen LogP) is 3.24. The van der Waals surface area contributed by atoms with Gasteiger partial charge in [-0.1, -0.05) is 0 Å². The van der Waals surface area contributed by atoms with Gasteiger partial charge in [0.05, 0.1) is 24.2 Å². The summed E-state index contributed by atoms with van der Waals surface area (Å²) in [6.45, 7) is 5.63. The maximum atomic E-state index is 5.64. The molecule has 2 N–H and O–H groups in total. The van der Waals surface area contributed by atoms with Crippen molar-refractivity contribution in [2.75, 3.05) is 18.6 Å². The van der Waals surface area contributed by atoms with Crippen LogP contribution in [0.25, 0.3) is 0 Å². The van der Waals surface area contributed by atoms with Gasteiger partial charge in [-0.2, -0.15) is 5.10 Å². The molecule has 2 rings (SSSR count). The first-order valence-electron chi connectivity index (χ1n) is 6.59. The Bertz CT molecular complexity index is 656. The summed E-state index contributed by atoms with van der Waals surface area (Å²) in [6, 6.07) is 3.94. The molecule has 0 spiro atoms. The molecule has 6 nitrogen and oxygen atoms in total. The Morgan fingerprint density at radius 2 is 2.10 bits per heavy atom. The van der Waals surface area contributed by atoms with E-state index in [4.69, 9.17) is 21.7 Å². The van der Waals surface area contributed by atoms with Crippen molar-refractivity contribution in [3.63, 3.8) is 0 Å². The molecule has 1 aromatic carbocycles. The first kappa shape index (κ1) is 15.8. The van der Waals surface area contributed by atoms with Crippen LogP contribution in [0.5, 0.6) is 11.5 Å². The highest BCUT2D eigenvalue weighted by Gasteiger charge is 2.11. The van der Waals surface area contributed by atoms with E-state index in [9.17, 15) is 0 Å². The lowest BCUT2D eigenvalue weighted by Gasteiger charge is -2.15. The van der Waals surface area contributed by atoms with Crippen LogP contribution in [0.3, 0.4) is 0 Å². The fourth-order valence-corrected chi connectivity index (χ4v) is 2.58. The number of hydrogen-bond donors (Lipinski definition) is 2. The van der Waals surface area contributed by atoms with E-state index in [1.54, 1.807) is 11.0 Å². The molecule has 0 aliphatic heterocycles. The third-order valence-corrected chi connectivity index (χ3v) is 3.54. The van der Waals surface area contributed by atoms with Gasteiger partial charge in [0, 0.05) is 0 Å². The van der Waals surface area contributed by atoms with Crippen molar-refractivity contribution >= 4 is 28.1 Å². The summed E-state index contributed by atoms with van der Waals surface area (Å²) in [4.78, 5) is 0. The zero-order chi connectivity index (χ0) is 15.2. The number of nitrogens with one attached hydrogen (secondary N) is 2. The Balaban J connectivity index is 2.20. The molecule has 0 unspecified atom stereocenters. The molecule has 2 aromatic rings. The van der Waals surface area contributed by atoms with E-state index in [-0.39, 0.29) is 0 Å². The maximum absolute atomic E-state index is 5.64. The lowest BCUT2D eigenvalue weighted by molar-refractivity contribution is 0.286. The monoisotopic (exact) mass is 372 g/mol. The number of halogens is 1. The van der Waals surface area contributed by atoms with Gasteiger partial charge in [-0.3, -0.25) is 5.10 Å². The van der Waals surface area contributed by atoms with Gasteiger partial charge in [0.15, 0.2) is 11.5 Å². The second-order valence-corrected chi connectivity index (χ2v) is 5.38. The lowest BCUT2D eigenvalue weighted by Crippen LogP contribution is -2.13. The second kappa shape index (κ2) is 7.46.